The van der Waals surface area contributed by atoms with Crippen molar-refractivity contribution in [1.82, 2.24) is 4.90 Å². The Hall–Kier alpha value is -1.23. The molecule has 5 heteroatoms. The second-order valence-electron chi connectivity index (χ2n) is 6.06. The number of rotatable bonds is 2. The summed E-state index contributed by atoms with van der Waals surface area (Å²) < 4.78 is 6.45. The van der Waals surface area contributed by atoms with Crippen LogP contribution in [0.15, 0.2) is 28.7 Å². The molecule has 1 heterocycles. The van der Waals surface area contributed by atoms with Gasteiger partial charge in [0.15, 0.2) is 0 Å². The predicted molar refractivity (Wildman–Crippen MR) is 84.0 cm³/mol. The van der Waals surface area contributed by atoms with Crippen LogP contribution < -0.4 is 5.32 Å². The minimum absolute atomic E-state index is 0.224. The number of nitrogens with one attached hydrogen (secondary N) is 1. The third-order valence-electron chi connectivity index (χ3n) is 3.05. The first-order valence-electron chi connectivity index (χ1n) is 6.83. The lowest BCUT2D eigenvalue weighted by Crippen LogP contribution is -2.36. The second-order valence-corrected chi connectivity index (χ2v) is 6.98. The lowest BCUT2D eigenvalue weighted by molar-refractivity contribution is 0.0293. The molecule has 1 amide bonds. The van der Waals surface area contributed by atoms with Crippen molar-refractivity contribution in [3.63, 3.8) is 0 Å². The molecule has 1 aromatic carbocycles. The van der Waals surface area contributed by atoms with Gasteiger partial charge in [-0.1, -0.05) is 15.9 Å². The van der Waals surface area contributed by atoms with Crippen molar-refractivity contribution in [1.29, 1.82) is 0 Å². The van der Waals surface area contributed by atoms with Crippen molar-refractivity contribution < 1.29 is 9.53 Å². The lowest BCUT2D eigenvalue weighted by Gasteiger charge is -2.24. The molecule has 0 spiro atoms. The third-order valence-corrected chi connectivity index (χ3v) is 3.58. The molecular weight excluding hydrogens is 320 g/mol. The molecule has 1 N–H and O–H groups in total. The molecule has 110 valence electrons. The highest BCUT2D eigenvalue weighted by atomic mass is 79.9. The van der Waals surface area contributed by atoms with Crippen LogP contribution >= 0.6 is 15.9 Å². The standard InChI is InChI=1S/C15H21BrN2O2/c1-15(2,3)20-14(19)18-9-8-13(10-18)17-12-6-4-11(16)5-7-12/h4-7,13,17H,8-10H2,1-3H3. The fourth-order valence-corrected chi connectivity index (χ4v) is 2.42. The van der Waals surface area contributed by atoms with E-state index in [9.17, 15) is 4.79 Å². The minimum atomic E-state index is -0.436. The number of ether oxygens (including phenoxy) is 1. The highest BCUT2D eigenvalue weighted by molar-refractivity contribution is 9.10. The van der Waals surface area contributed by atoms with E-state index in [1.807, 2.05) is 45.0 Å². The summed E-state index contributed by atoms with van der Waals surface area (Å²) in [5.41, 5.74) is 0.637. The number of hydrogen-bond acceptors (Lipinski definition) is 3. The van der Waals surface area contributed by atoms with Crippen molar-refractivity contribution in [2.75, 3.05) is 18.4 Å². The number of halogens is 1. The van der Waals surface area contributed by atoms with Crippen LogP contribution in [0.4, 0.5) is 10.5 Å². The molecule has 0 aromatic heterocycles. The molecule has 1 aromatic rings. The molecule has 1 unspecified atom stereocenters. The molecule has 1 aliphatic rings. The zero-order valence-electron chi connectivity index (χ0n) is 12.1. The molecule has 20 heavy (non-hydrogen) atoms. The Labute approximate surface area is 128 Å². The molecule has 4 nitrogen and oxygen atoms in total. The number of carbonyl (C=O) groups is 1. The lowest BCUT2D eigenvalue weighted by atomic mass is 10.2. The van der Waals surface area contributed by atoms with Crippen LogP contribution in [0.2, 0.25) is 0 Å². The van der Waals surface area contributed by atoms with Crippen LogP contribution in [0, 0.1) is 0 Å². The summed E-state index contributed by atoms with van der Waals surface area (Å²) in [6, 6.07) is 8.34. The third kappa shape index (κ3) is 4.40. The van der Waals surface area contributed by atoms with Gasteiger partial charge in [0.25, 0.3) is 0 Å². The smallest absolute Gasteiger partial charge is 0.410 e. The van der Waals surface area contributed by atoms with Gasteiger partial charge >= 0.3 is 6.09 Å². The minimum Gasteiger partial charge on any atom is -0.444 e. The van der Waals surface area contributed by atoms with E-state index in [0.29, 0.717) is 6.54 Å². The van der Waals surface area contributed by atoms with Gasteiger partial charge in [0.1, 0.15) is 5.60 Å². The van der Waals surface area contributed by atoms with Gasteiger partial charge in [-0.3, -0.25) is 0 Å². The maximum Gasteiger partial charge on any atom is 0.410 e. The van der Waals surface area contributed by atoms with Gasteiger partial charge in [0, 0.05) is 29.3 Å². The Balaban J connectivity index is 1.86. The Morgan fingerprint density at radius 2 is 2.00 bits per heavy atom. The van der Waals surface area contributed by atoms with E-state index in [1.54, 1.807) is 4.90 Å². The first kappa shape index (κ1) is 15.2. The zero-order valence-corrected chi connectivity index (χ0v) is 13.7. The van der Waals surface area contributed by atoms with Gasteiger partial charge in [0.05, 0.1) is 0 Å². The number of likely N-dealkylation sites (tertiary alicyclic amines) is 1. The van der Waals surface area contributed by atoms with Gasteiger partial charge in [0.2, 0.25) is 0 Å². The molecule has 0 saturated carbocycles. The van der Waals surface area contributed by atoms with E-state index in [4.69, 9.17) is 4.74 Å². The Bertz CT molecular complexity index is 468. The molecule has 1 aliphatic heterocycles. The molecule has 0 bridgehead atoms. The summed E-state index contributed by atoms with van der Waals surface area (Å²) in [5, 5.41) is 3.45. The Morgan fingerprint density at radius 1 is 1.35 bits per heavy atom. The predicted octanol–water partition coefficient (Wildman–Crippen LogP) is 3.87. The highest BCUT2D eigenvalue weighted by Gasteiger charge is 2.29. The molecule has 1 fully saturated rings. The number of amides is 1. The van der Waals surface area contributed by atoms with Crippen molar-refractivity contribution in [3.05, 3.63) is 28.7 Å². The number of nitrogens with zero attached hydrogens (tertiary/aromatic N) is 1. The average Bonchev–Trinajstić information content (AvgIpc) is 2.79. The molecular formula is C15H21BrN2O2. The molecule has 0 aliphatic carbocycles. The topological polar surface area (TPSA) is 41.6 Å². The van der Waals surface area contributed by atoms with E-state index in [2.05, 4.69) is 21.2 Å². The summed E-state index contributed by atoms with van der Waals surface area (Å²) in [6.45, 7) is 7.09. The van der Waals surface area contributed by atoms with Crippen molar-refractivity contribution >= 4 is 27.7 Å². The summed E-state index contributed by atoms with van der Waals surface area (Å²) >= 11 is 3.42. The van der Waals surface area contributed by atoms with E-state index in [-0.39, 0.29) is 12.1 Å². The van der Waals surface area contributed by atoms with Crippen molar-refractivity contribution in [2.24, 2.45) is 0 Å². The molecule has 1 atom stereocenters. The largest absolute Gasteiger partial charge is 0.444 e. The van der Waals surface area contributed by atoms with E-state index in [1.165, 1.54) is 0 Å². The van der Waals surface area contributed by atoms with E-state index in [0.717, 1.165) is 23.1 Å². The number of anilines is 1. The van der Waals surface area contributed by atoms with Crippen LogP contribution in [0.5, 0.6) is 0 Å². The molecule has 1 saturated heterocycles. The van der Waals surface area contributed by atoms with Crippen molar-refractivity contribution in [3.8, 4) is 0 Å². The van der Waals surface area contributed by atoms with Crippen LogP contribution in [-0.4, -0.2) is 35.7 Å². The monoisotopic (exact) mass is 340 g/mol. The summed E-state index contributed by atoms with van der Waals surface area (Å²) in [7, 11) is 0. The Morgan fingerprint density at radius 3 is 2.60 bits per heavy atom. The van der Waals surface area contributed by atoms with E-state index < -0.39 is 5.60 Å². The van der Waals surface area contributed by atoms with Gasteiger partial charge in [-0.15, -0.1) is 0 Å². The number of carbonyl (C=O) groups excluding carboxylic acids is 1. The first-order valence-corrected chi connectivity index (χ1v) is 7.63. The average molecular weight is 341 g/mol. The Kier molecular flexibility index (Phi) is 4.58. The molecule has 0 radical (unpaired) electrons. The fourth-order valence-electron chi connectivity index (χ4n) is 2.15. The van der Waals surface area contributed by atoms with Gasteiger partial charge < -0.3 is 15.0 Å². The highest BCUT2D eigenvalue weighted by Crippen LogP contribution is 2.20. The SMILES string of the molecule is CC(C)(C)OC(=O)N1CCC(Nc2ccc(Br)cc2)C1. The zero-order chi connectivity index (χ0) is 14.8. The van der Waals surface area contributed by atoms with Crippen molar-refractivity contribution in [2.45, 2.75) is 38.8 Å². The number of benzene rings is 1. The van der Waals surface area contributed by atoms with Crippen LogP contribution in [0.1, 0.15) is 27.2 Å². The summed E-state index contributed by atoms with van der Waals surface area (Å²) in [4.78, 5) is 13.7. The normalized spacial score (nSPS) is 19.0. The van der Waals surface area contributed by atoms with Crippen LogP contribution in [-0.2, 0) is 4.74 Å². The summed E-state index contributed by atoms with van der Waals surface area (Å²) in [5.74, 6) is 0. The first-order chi connectivity index (χ1) is 9.33. The fraction of sp³-hybridized carbons (Fsp3) is 0.533. The van der Waals surface area contributed by atoms with E-state index >= 15 is 0 Å². The molecule has 2 rings (SSSR count). The van der Waals surface area contributed by atoms with Gasteiger partial charge in [-0.05, 0) is 51.5 Å². The maximum atomic E-state index is 12.0. The number of hydrogen-bond donors (Lipinski definition) is 1. The van der Waals surface area contributed by atoms with Crippen LogP contribution in [0.3, 0.4) is 0 Å². The second kappa shape index (κ2) is 6.04. The van der Waals surface area contributed by atoms with Gasteiger partial charge in [-0.2, -0.15) is 0 Å². The quantitative estimate of drug-likeness (QED) is 0.888. The maximum absolute atomic E-state index is 12.0. The van der Waals surface area contributed by atoms with Crippen LogP contribution in [0.25, 0.3) is 0 Å². The summed E-state index contributed by atoms with van der Waals surface area (Å²) in [6.07, 6.45) is 0.715. The van der Waals surface area contributed by atoms with Gasteiger partial charge in [-0.25, -0.2) is 4.79 Å².